The standard InChI is InChI=1S/C10H9ClOS2/c1-12-9-5-6-7(14-9)3-4-8(13-2)10(6)11/h3-5H,1-2H3. The van der Waals surface area contributed by atoms with Crippen LogP contribution >= 0.6 is 34.7 Å². The predicted octanol–water partition coefficient (Wildman–Crippen LogP) is 4.29. The first-order valence-electron chi connectivity index (χ1n) is 4.06. The zero-order chi connectivity index (χ0) is 10.1. The van der Waals surface area contributed by atoms with E-state index in [0.717, 1.165) is 20.4 Å². The molecular formula is C10H9ClOS2. The molecule has 0 atom stereocenters. The van der Waals surface area contributed by atoms with E-state index in [0.29, 0.717) is 0 Å². The number of benzene rings is 1. The third kappa shape index (κ3) is 1.60. The molecule has 0 N–H and O–H groups in total. The molecule has 14 heavy (non-hydrogen) atoms. The van der Waals surface area contributed by atoms with Gasteiger partial charge in [-0.15, -0.1) is 11.8 Å². The Balaban J connectivity index is 2.68. The van der Waals surface area contributed by atoms with Gasteiger partial charge in [-0.3, -0.25) is 0 Å². The highest BCUT2D eigenvalue weighted by Gasteiger charge is 2.08. The second-order valence-corrected chi connectivity index (χ2v) is 5.04. The van der Waals surface area contributed by atoms with Gasteiger partial charge in [-0.05, 0) is 18.4 Å². The van der Waals surface area contributed by atoms with Crippen molar-refractivity contribution in [3.05, 3.63) is 23.2 Å². The maximum absolute atomic E-state index is 6.24. The Bertz CT molecular complexity index is 464. The van der Waals surface area contributed by atoms with Crippen LogP contribution in [0.25, 0.3) is 10.1 Å². The van der Waals surface area contributed by atoms with E-state index in [-0.39, 0.29) is 0 Å². The van der Waals surface area contributed by atoms with Crippen LogP contribution in [-0.2, 0) is 0 Å². The van der Waals surface area contributed by atoms with Gasteiger partial charge in [-0.2, -0.15) is 0 Å². The highest BCUT2D eigenvalue weighted by Crippen LogP contribution is 2.39. The molecule has 4 heteroatoms. The minimum Gasteiger partial charge on any atom is -0.487 e. The fraction of sp³-hybridized carbons (Fsp3) is 0.200. The van der Waals surface area contributed by atoms with Gasteiger partial charge in [0.1, 0.15) is 0 Å². The molecule has 0 saturated carbocycles. The van der Waals surface area contributed by atoms with Gasteiger partial charge in [0, 0.05) is 21.0 Å². The van der Waals surface area contributed by atoms with Crippen molar-refractivity contribution in [2.75, 3.05) is 13.4 Å². The van der Waals surface area contributed by atoms with E-state index < -0.39 is 0 Å². The maximum Gasteiger partial charge on any atom is 0.174 e. The van der Waals surface area contributed by atoms with Gasteiger partial charge in [-0.25, -0.2) is 0 Å². The van der Waals surface area contributed by atoms with Crippen molar-refractivity contribution in [3.8, 4) is 5.06 Å². The molecule has 0 aliphatic carbocycles. The predicted molar refractivity (Wildman–Crippen MR) is 65.2 cm³/mol. The lowest BCUT2D eigenvalue weighted by molar-refractivity contribution is 0.427. The molecule has 0 fully saturated rings. The summed E-state index contributed by atoms with van der Waals surface area (Å²) in [6.07, 6.45) is 2.02. The minimum atomic E-state index is 0.828. The molecule has 0 amide bonds. The summed E-state index contributed by atoms with van der Waals surface area (Å²) in [5.74, 6) is 0. The largest absolute Gasteiger partial charge is 0.487 e. The van der Waals surface area contributed by atoms with Crippen LogP contribution in [0.5, 0.6) is 5.06 Å². The third-order valence-corrected chi connectivity index (χ3v) is 4.36. The van der Waals surface area contributed by atoms with Crippen LogP contribution in [0.15, 0.2) is 23.1 Å². The molecule has 2 aromatic rings. The smallest absolute Gasteiger partial charge is 0.174 e. The summed E-state index contributed by atoms with van der Waals surface area (Å²) in [6.45, 7) is 0. The average Bonchev–Trinajstić information content (AvgIpc) is 2.62. The number of hydrogen-bond donors (Lipinski definition) is 0. The van der Waals surface area contributed by atoms with E-state index in [1.807, 2.05) is 18.4 Å². The summed E-state index contributed by atoms with van der Waals surface area (Å²) in [6, 6.07) is 6.12. The molecule has 0 spiro atoms. The van der Waals surface area contributed by atoms with E-state index in [1.54, 1.807) is 30.2 Å². The van der Waals surface area contributed by atoms with Crippen molar-refractivity contribution < 1.29 is 4.74 Å². The van der Waals surface area contributed by atoms with E-state index in [9.17, 15) is 0 Å². The Morgan fingerprint density at radius 2 is 2.21 bits per heavy atom. The van der Waals surface area contributed by atoms with Crippen LogP contribution in [-0.4, -0.2) is 13.4 Å². The topological polar surface area (TPSA) is 9.23 Å². The molecule has 1 aromatic carbocycles. The normalized spacial score (nSPS) is 10.8. The number of thiophene rings is 1. The highest BCUT2D eigenvalue weighted by atomic mass is 35.5. The molecular weight excluding hydrogens is 236 g/mol. The first kappa shape index (κ1) is 10.1. The van der Waals surface area contributed by atoms with Gasteiger partial charge in [0.15, 0.2) is 5.06 Å². The third-order valence-electron chi connectivity index (χ3n) is 2.00. The number of hydrogen-bond acceptors (Lipinski definition) is 3. The molecule has 74 valence electrons. The fourth-order valence-electron chi connectivity index (χ4n) is 1.29. The van der Waals surface area contributed by atoms with Crippen LogP contribution in [0, 0.1) is 0 Å². The lowest BCUT2D eigenvalue weighted by atomic mass is 10.3. The molecule has 1 aromatic heterocycles. The van der Waals surface area contributed by atoms with Crippen molar-refractivity contribution in [1.82, 2.24) is 0 Å². The number of fused-ring (bicyclic) bond motifs is 1. The summed E-state index contributed by atoms with van der Waals surface area (Å²) in [5, 5.41) is 2.81. The van der Waals surface area contributed by atoms with Crippen molar-refractivity contribution in [2.24, 2.45) is 0 Å². The van der Waals surface area contributed by atoms with Crippen LogP contribution in [0.1, 0.15) is 0 Å². The van der Waals surface area contributed by atoms with Gasteiger partial charge >= 0.3 is 0 Å². The van der Waals surface area contributed by atoms with Gasteiger partial charge < -0.3 is 4.74 Å². The van der Waals surface area contributed by atoms with E-state index in [4.69, 9.17) is 16.3 Å². The molecule has 0 radical (unpaired) electrons. The summed E-state index contributed by atoms with van der Waals surface area (Å²) in [5.41, 5.74) is 0. The zero-order valence-corrected chi connectivity index (χ0v) is 10.2. The lowest BCUT2D eigenvalue weighted by Gasteiger charge is -1.99. The lowest BCUT2D eigenvalue weighted by Crippen LogP contribution is -1.74. The SMILES string of the molecule is COc1cc2c(Cl)c(SC)ccc2s1. The monoisotopic (exact) mass is 244 g/mol. The Morgan fingerprint density at radius 1 is 1.43 bits per heavy atom. The molecule has 2 rings (SSSR count). The molecule has 0 bridgehead atoms. The quantitative estimate of drug-likeness (QED) is 0.729. The van der Waals surface area contributed by atoms with Crippen LogP contribution in [0.4, 0.5) is 0 Å². The number of ether oxygens (including phenoxy) is 1. The number of methoxy groups -OCH3 is 1. The summed E-state index contributed by atoms with van der Waals surface area (Å²) in [7, 11) is 1.67. The Morgan fingerprint density at radius 3 is 2.86 bits per heavy atom. The number of halogens is 1. The molecule has 0 aliphatic heterocycles. The first-order valence-corrected chi connectivity index (χ1v) is 6.48. The second-order valence-electron chi connectivity index (χ2n) is 2.76. The van der Waals surface area contributed by atoms with Crippen LogP contribution in [0.2, 0.25) is 5.02 Å². The Kier molecular flexibility index (Phi) is 2.91. The van der Waals surface area contributed by atoms with Crippen molar-refractivity contribution in [1.29, 1.82) is 0 Å². The molecule has 0 saturated heterocycles. The van der Waals surface area contributed by atoms with E-state index in [1.165, 1.54) is 4.70 Å². The van der Waals surface area contributed by atoms with Gasteiger partial charge in [-0.1, -0.05) is 22.9 Å². The van der Waals surface area contributed by atoms with Crippen molar-refractivity contribution in [2.45, 2.75) is 4.90 Å². The molecule has 1 heterocycles. The summed E-state index contributed by atoms with van der Waals surface area (Å²) < 4.78 is 6.35. The first-order chi connectivity index (χ1) is 6.76. The van der Waals surface area contributed by atoms with Gasteiger partial charge in [0.2, 0.25) is 0 Å². The maximum atomic E-state index is 6.24. The molecule has 0 aliphatic rings. The minimum absolute atomic E-state index is 0.828. The zero-order valence-electron chi connectivity index (χ0n) is 7.83. The second kappa shape index (κ2) is 4.01. The van der Waals surface area contributed by atoms with E-state index >= 15 is 0 Å². The van der Waals surface area contributed by atoms with Crippen LogP contribution < -0.4 is 4.74 Å². The number of rotatable bonds is 2. The average molecular weight is 245 g/mol. The summed E-state index contributed by atoms with van der Waals surface area (Å²) >= 11 is 9.52. The highest BCUT2D eigenvalue weighted by molar-refractivity contribution is 7.98. The number of thioether (sulfide) groups is 1. The molecule has 0 unspecified atom stereocenters. The summed E-state index contributed by atoms with van der Waals surface area (Å²) in [4.78, 5) is 1.11. The van der Waals surface area contributed by atoms with Crippen molar-refractivity contribution >= 4 is 44.8 Å². The fourth-order valence-corrected chi connectivity index (χ4v) is 3.18. The van der Waals surface area contributed by atoms with Crippen LogP contribution in [0.3, 0.4) is 0 Å². The van der Waals surface area contributed by atoms with Gasteiger partial charge in [0.25, 0.3) is 0 Å². The van der Waals surface area contributed by atoms with Gasteiger partial charge in [0.05, 0.1) is 12.1 Å². The van der Waals surface area contributed by atoms with Crippen molar-refractivity contribution in [3.63, 3.8) is 0 Å². The Hall–Kier alpha value is -0.380. The Labute approximate surface area is 96.0 Å². The van der Waals surface area contributed by atoms with E-state index in [2.05, 4.69) is 6.07 Å². The molecule has 1 nitrogen and oxygen atoms in total.